The molecule has 3 rings (SSSR count). The molecule has 0 saturated carbocycles. The first-order valence-electron chi connectivity index (χ1n) is 8.27. The van der Waals surface area contributed by atoms with Gasteiger partial charge in [-0.25, -0.2) is 4.98 Å². The molecule has 0 amide bonds. The van der Waals surface area contributed by atoms with Gasteiger partial charge >= 0.3 is 0 Å². The Bertz CT molecular complexity index is 830. The van der Waals surface area contributed by atoms with Gasteiger partial charge in [0.15, 0.2) is 0 Å². The van der Waals surface area contributed by atoms with Crippen LogP contribution in [0.3, 0.4) is 0 Å². The second-order valence-electron chi connectivity index (χ2n) is 6.13. The van der Waals surface area contributed by atoms with Crippen molar-refractivity contribution in [2.45, 2.75) is 13.5 Å². The van der Waals surface area contributed by atoms with E-state index < -0.39 is 0 Å². The first-order valence-corrected chi connectivity index (χ1v) is 8.27. The van der Waals surface area contributed by atoms with E-state index in [9.17, 15) is 0 Å². The highest BCUT2D eigenvalue weighted by Gasteiger charge is 2.05. The Labute approximate surface area is 148 Å². The Morgan fingerprint density at radius 2 is 1.80 bits per heavy atom. The van der Waals surface area contributed by atoms with E-state index in [0.717, 1.165) is 29.3 Å². The monoisotopic (exact) mass is 333 g/mol. The van der Waals surface area contributed by atoms with Crippen LogP contribution in [-0.2, 0) is 6.54 Å². The van der Waals surface area contributed by atoms with Crippen LogP contribution in [0.4, 0.5) is 23.1 Å². The summed E-state index contributed by atoms with van der Waals surface area (Å²) in [5, 5.41) is 6.66. The zero-order chi connectivity index (χ0) is 17.6. The molecule has 25 heavy (non-hydrogen) atoms. The lowest BCUT2D eigenvalue weighted by Crippen LogP contribution is -2.09. The fraction of sp³-hybridized carbons (Fsp3) is 0.200. The fourth-order valence-corrected chi connectivity index (χ4v) is 2.45. The van der Waals surface area contributed by atoms with Gasteiger partial charge < -0.3 is 15.5 Å². The molecule has 1 heterocycles. The molecule has 0 saturated heterocycles. The van der Waals surface area contributed by atoms with Gasteiger partial charge in [0.1, 0.15) is 5.82 Å². The molecule has 0 unspecified atom stereocenters. The number of rotatable bonds is 6. The molecule has 0 aliphatic carbocycles. The largest absolute Gasteiger partial charge is 0.378 e. The number of anilines is 4. The van der Waals surface area contributed by atoms with E-state index in [4.69, 9.17) is 0 Å². The summed E-state index contributed by atoms with van der Waals surface area (Å²) >= 11 is 0. The molecule has 0 aliphatic heterocycles. The van der Waals surface area contributed by atoms with Gasteiger partial charge in [-0.1, -0.05) is 36.4 Å². The summed E-state index contributed by atoms with van der Waals surface area (Å²) in [5.74, 6) is 1.42. The minimum Gasteiger partial charge on any atom is -0.378 e. The van der Waals surface area contributed by atoms with Crippen molar-refractivity contribution in [2.75, 3.05) is 29.6 Å². The van der Waals surface area contributed by atoms with E-state index in [1.165, 1.54) is 5.56 Å². The topological polar surface area (TPSA) is 53.1 Å². The van der Waals surface area contributed by atoms with Gasteiger partial charge in [0.05, 0.1) is 0 Å². The highest BCUT2D eigenvalue weighted by molar-refractivity contribution is 5.62. The molecule has 0 fully saturated rings. The van der Waals surface area contributed by atoms with Crippen molar-refractivity contribution in [2.24, 2.45) is 0 Å². The highest BCUT2D eigenvalue weighted by Crippen LogP contribution is 2.21. The van der Waals surface area contributed by atoms with Crippen LogP contribution in [0, 0.1) is 6.92 Å². The molecule has 3 aromatic rings. The van der Waals surface area contributed by atoms with E-state index in [-0.39, 0.29) is 0 Å². The summed E-state index contributed by atoms with van der Waals surface area (Å²) < 4.78 is 0. The van der Waals surface area contributed by atoms with Crippen molar-refractivity contribution in [3.8, 4) is 0 Å². The average Bonchev–Trinajstić information content (AvgIpc) is 2.63. The van der Waals surface area contributed by atoms with Gasteiger partial charge in [-0.3, -0.25) is 0 Å². The molecule has 2 N–H and O–H groups in total. The molecule has 2 aromatic carbocycles. The summed E-state index contributed by atoms with van der Waals surface area (Å²) in [6, 6.07) is 18.4. The van der Waals surface area contributed by atoms with E-state index in [2.05, 4.69) is 49.8 Å². The molecule has 0 radical (unpaired) electrons. The average molecular weight is 333 g/mol. The van der Waals surface area contributed by atoms with E-state index in [1.54, 1.807) is 0 Å². The Hall–Kier alpha value is -3.08. The normalized spacial score (nSPS) is 10.4. The van der Waals surface area contributed by atoms with Crippen molar-refractivity contribution in [3.05, 3.63) is 71.9 Å². The van der Waals surface area contributed by atoms with Gasteiger partial charge in [0.2, 0.25) is 5.95 Å². The summed E-state index contributed by atoms with van der Waals surface area (Å²) in [7, 11) is 4.04. The van der Waals surface area contributed by atoms with E-state index >= 15 is 0 Å². The van der Waals surface area contributed by atoms with Gasteiger partial charge in [-0.2, -0.15) is 4.98 Å². The van der Waals surface area contributed by atoms with Crippen LogP contribution in [0.1, 0.15) is 11.1 Å². The Balaban J connectivity index is 1.74. The van der Waals surface area contributed by atoms with Crippen LogP contribution in [0.2, 0.25) is 0 Å². The summed E-state index contributed by atoms with van der Waals surface area (Å²) in [6.45, 7) is 2.73. The number of aryl methyl sites for hydroxylation is 1. The molecule has 0 spiro atoms. The molecular weight excluding hydrogens is 310 g/mol. The number of hydrogen-bond acceptors (Lipinski definition) is 5. The second-order valence-corrected chi connectivity index (χ2v) is 6.13. The zero-order valence-corrected chi connectivity index (χ0v) is 14.8. The highest BCUT2D eigenvalue weighted by atomic mass is 15.1. The number of benzene rings is 2. The van der Waals surface area contributed by atoms with E-state index in [0.29, 0.717) is 5.95 Å². The molecule has 0 bridgehead atoms. The first kappa shape index (κ1) is 16.8. The standard InChI is InChI=1S/C20H23N5/c1-15-13-22-20(23-17-10-7-11-18(12-17)25(2)3)24-19(15)21-14-16-8-5-4-6-9-16/h4-13H,14H2,1-3H3,(H2,21,22,23,24). The molecular formula is C20H23N5. The predicted octanol–water partition coefficient (Wildman–Crippen LogP) is 4.21. The van der Waals surface area contributed by atoms with Crippen molar-refractivity contribution in [1.82, 2.24) is 9.97 Å². The third kappa shape index (κ3) is 4.47. The fourth-order valence-electron chi connectivity index (χ4n) is 2.45. The third-order valence-electron chi connectivity index (χ3n) is 3.89. The smallest absolute Gasteiger partial charge is 0.229 e. The quantitative estimate of drug-likeness (QED) is 0.708. The predicted molar refractivity (Wildman–Crippen MR) is 105 cm³/mol. The molecule has 5 nitrogen and oxygen atoms in total. The number of nitrogens with one attached hydrogen (secondary N) is 2. The van der Waals surface area contributed by atoms with Crippen LogP contribution < -0.4 is 15.5 Å². The summed E-state index contributed by atoms with van der Waals surface area (Å²) in [6.07, 6.45) is 1.83. The molecule has 0 aliphatic rings. The summed E-state index contributed by atoms with van der Waals surface area (Å²) in [5.41, 5.74) is 4.32. The van der Waals surface area contributed by atoms with Crippen LogP contribution in [0.25, 0.3) is 0 Å². The maximum Gasteiger partial charge on any atom is 0.229 e. The van der Waals surface area contributed by atoms with Crippen LogP contribution >= 0.6 is 0 Å². The van der Waals surface area contributed by atoms with Gasteiger partial charge in [0, 0.05) is 43.8 Å². The van der Waals surface area contributed by atoms with Crippen LogP contribution in [0.5, 0.6) is 0 Å². The minimum absolute atomic E-state index is 0.581. The maximum atomic E-state index is 4.61. The first-order chi connectivity index (χ1) is 12.1. The molecule has 5 heteroatoms. The van der Waals surface area contributed by atoms with Gasteiger partial charge in [-0.05, 0) is 30.7 Å². The lowest BCUT2D eigenvalue weighted by molar-refractivity contribution is 1.06. The molecule has 128 valence electrons. The third-order valence-corrected chi connectivity index (χ3v) is 3.89. The van der Waals surface area contributed by atoms with Crippen molar-refractivity contribution < 1.29 is 0 Å². The van der Waals surface area contributed by atoms with E-state index in [1.807, 2.05) is 57.5 Å². The molecule has 1 aromatic heterocycles. The Kier molecular flexibility index (Phi) is 5.14. The number of hydrogen-bond donors (Lipinski definition) is 2. The van der Waals surface area contributed by atoms with Crippen LogP contribution in [0.15, 0.2) is 60.8 Å². The van der Waals surface area contributed by atoms with Crippen LogP contribution in [-0.4, -0.2) is 24.1 Å². The summed E-state index contributed by atoms with van der Waals surface area (Å²) in [4.78, 5) is 11.1. The number of nitrogens with zero attached hydrogens (tertiary/aromatic N) is 3. The Morgan fingerprint density at radius 1 is 1.00 bits per heavy atom. The second kappa shape index (κ2) is 7.66. The van der Waals surface area contributed by atoms with Crippen molar-refractivity contribution >= 4 is 23.1 Å². The molecule has 0 atom stereocenters. The lowest BCUT2D eigenvalue weighted by Gasteiger charge is -2.14. The SMILES string of the molecule is Cc1cnc(Nc2cccc(N(C)C)c2)nc1NCc1ccccc1. The van der Waals surface area contributed by atoms with Gasteiger partial charge in [-0.15, -0.1) is 0 Å². The maximum absolute atomic E-state index is 4.61. The number of aromatic nitrogens is 2. The Morgan fingerprint density at radius 3 is 2.56 bits per heavy atom. The van der Waals surface area contributed by atoms with Gasteiger partial charge in [0.25, 0.3) is 0 Å². The minimum atomic E-state index is 0.581. The van der Waals surface area contributed by atoms with Crippen molar-refractivity contribution in [3.63, 3.8) is 0 Å². The zero-order valence-electron chi connectivity index (χ0n) is 14.8. The lowest BCUT2D eigenvalue weighted by atomic mass is 10.2. The van der Waals surface area contributed by atoms with Crippen molar-refractivity contribution in [1.29, 1.82) is 0 Å².